The van der Waals surface area contributed by atoms with Crippen LogP contribution in [-0.4, -0.2) is 35.7 Å². The number of hydrogen-bond donors (Lipinski definition) is 2. The molecule has 0 saturated heterocycles. The van der Waals surface area contributed by atoms with E-state index in [1.54, 1.807) is 13.0 Å². The summed E-state index contributed by atoms with van der Waals surface area (Å²) in [5.41, 5.74) is -0.519. The Morgan fingerprint density at radius 3 is 2.33 bits per heavy atom. The van der Waals surface area contributed by atoms with Gasteiger partial charge >= 0.3 is 5.97 Å². The number of hydrogen-bond acceptors (Lipinski definition) is 8. The van der Waals surface area contributed by atoms with Crippen molar-refractivity contribution in [1.82, 2.24) is 4.57 Å². The SMILES string of the molecule is CCCCC(CC)Cn1c(O)c(C#N)c(C)c(N=Nc2ccccc2S(=O)(=O)N(CC)c2ccc(C(=O)O)cc2)c1=O. The summed E-state index contributed by atoms with van der Waals surface area (Å²) in [6.45, 7) is 7.44. The van der Waals surface area contributed by atoms with Crippen molar-refractivity contribution < 1.29 is 23.4 Å². The van der Waals surface area contributed by atoms with Crippen molar-refractivity contribution in [3.8, 4) is 11.9 Å². The number of nitrogens with zero attached hydrogens (tertiary/aromatic N) is 5. The predicted octanol–water partition coefficient (Wildman–Crippen LogP) is 6.28. The first kappa shape index (κ1) is 32.0. The highest BCUT2D eigenvalue weighted by Gasteiger charge is 2.27. The molecule has 1 unspecified atom stereocenters. The first-order valence-electron chi connectivity index (χ1n) is 13.7. The molecule has 42 heavy (non-hydrogen) atoms. The fourth-order valence-electron chi connectivity index (χ4n) is 4.64. The van der Waals surface area contributed by atoms with Crippen molar-refractivity contribution in [3.63, 3.8) is 0 Å². The fraction of sp³-hybridized carbons (Fsp3) is 0.367. The number of unbranched alkanes of at least 4 members (excludes halogenated alkanes) is 1. The molecule has 3 rings (SSSR count). The van der Waals surface area contributed by atoms with Gasteiger partial charge in [-0.15, -0.1) is 10.2 Å². The minimum Gasteiger partial charge on any atom is -0.493 e. The third-order valence-electron chi connectivity index (χ3n) is 7.13. The Morgan fingerprint density at radius 1 is 1.10 bits per heavy atom. The Hall–Kier alpha value is -4.50. The molecule has 1 heterocycles. The highest BCUT2D eigenvalue weighted by atomic mass is 32.2. The number of anilines is 1. The Bertz CT molecular complexity index is 1670. The Balaban J connectivity index is 2.09. The summed E-state index contributed by atoms with van der Waals surface area (Å²) in [5, 5.41) is 38.0. The summed E-state index contributed by atoms with van der Waals surface area (Å²) in [4.78, 5) is 24.5. The van der Waals surface area contributed by atoms with Crippen molar-refractivity contribution in [2.45, 2.75) is 64.8 Å². The number of aromatic hydroxyl groups is 1. The average Bonchev–Trinajstić information content (AvgIpc) is 2.97. The highest BCUT2D eigenvalue weighted by Crippen LogP contribution is 2.33. The molecule has 0 spiro atoms. The molecule has 1 aromatic heterocycles. The van der Waals surface area contributed by atoms with E-state index in [1.165, 1.54) is 49.4 Å². The normalized spacial score (nSPS) is 12.3. The molecule has 0 amide bonds. The van der Waals surface area contributed by atoms with Gasteiger partial charge in [0.05, 0.1) is 11.3 Å². The lowest BCUT2D eigenvalue weighted by Crippen LogP contribution is -2.30. The molecular weight excluding hydrogens is 558 g/mol. The zero-order valence-corrected chi connectivity index (χ0v) is 24.9. The van der Waals surface area contributed by atoms with Gasteiger partial charge in [-0.2, -0.15) is 5.26 Å². The van der Waals surface area contributed by atoms with Gasteiger partial charge in [0.1, 0.15) is 22.2 Å². The summed E-state index contributed by atoms with van der Waals surface area (Å²) >= 11 is 0. The Morgan fingerprint density at radius 2 is 1.76 bits per heavy atom. The minimum absolute atomic E-state index is 0.0173. The average molecular weight is 594 g/mol. The molecule has 0 bridgehead atoms. The standard InChI is InChI=1S/C30H35N5O6S/c1-5-8-11-21(6-2)19-34-28(36)24(18-31)20(4)27(29(34)37)33-32-25-12-9-10-13-26(25)42(40,41)35(7-3)23-16-14-22(15-17-23)30(38)39/h9-10,12-17,21,36H,5-8,11,19H2,1-4H3,(H,38,39). The van der Waals surface area contributed by atoms with E-state index in [9.17, 15) is 33.5 Å². The molecule has 0 fully saturated rings. The number of benzene rings is 2. The zero-order valence-electron chi connectivity index (χ0n) is 24.1. The van der Waals surface area contributed by atoms with Crippen LogP contribution in [0.2, 0.25) is 0 Å². The monoisotopic (exact) mass is 593 g/mol. The van der Waals surface area contributed by atoms with Gasteiger partial charge in [0.2, 0.25) is 5.88 Å². The number of aromatic nitrogens is 1. The van der Waals surface area contributed by atoms with Gasteiger partial charge in [0.25, 0.3) is 15.6 Å². The number of carboxylic acid groups (broad SMARTS) is 1. The molecule has 2 N–H and O–H groups in total. The quantitative estimate of drug-likeness (QED) is 0.220. The second kappa shape index (κ2) is 13.9. The lowest BCUT2D eigenvalue weighted by atomic mass is 9.99. The number of azo groups is 1. The number of sulfonamides is 1. The second-order valence-corrected chi connectivity index (χ2v) is 11.6. The van der Waals surface area contributed by atoms with E-state index in [4.69, 9.17) is 0 Å². The van der Waals surface area contributed by atoms with Crippen molar-refractivity contribution in [2.24, 2.45) is 16.1 Å². The zero-order chi connectivity index (χ0) is 31.0. The van der Waals surface area contributed by atoms with E-state index in [0.717, 1.165) is 34.6 Å². The van der Waals surface area contributed by atoms with Crippen LogP contribution >= 0.6 is 0 Å². The molecule has 0 aliphatic heterocycles. The molecule has 12 heteroatoms. The van der Waals surface area contributed by atoms with Crippen LogP contribution in [0.15, 0.2) is 68.4 Å². The summed E-state index contributed by atoms with van der Waals surface area (Å²) in [7, 11) is -4.19. The van der Waals surface area contributed by atoms with Gasteiger partial charge in [-0.05, 0) is 62.6 Å². The lowest BCUT2D eigenvalue weighted by molar-refractivity contribution is 0.0697. The van der Waals surface area contributed by atoms with Crippen LogP contribution in [0.1, 0.15) is 67.9 Å². The van der Waals surface area contributed by atoms with E-state index in [1.807, 2.05) is 13.0 Å². The molecule has 11 nitrogen and oxygen atoms in total. The van der Waals surface area contributed by atoms with Crippen LogP contribution in [-0.2, 0) is 16.6 Å². The van der Waals surface area contributed by atoms with Crippen LogP contribution in [0.5, 0.6) is 5.88 Å². The Labute approximate surface area is 245 Å². The second-order valence-electron chi connectivity index (χ2n) is 9.81. The molecule has 1 atom stereocenters. The van der Waals surface area contributed by atoms with E-state index < -0.39 is 27.4 Å². The van der Waals surface area contributed by atoms with Crippen LogP contribution in [0.3, 0.4) is 0 Å². The Kier molecular flexibility index (Phi) is 10.6. The van der Waals surface area contributed by atoms with Gasteiger partial charge in [0, 0.05) is 18.7 Å². The largest absolute Gasteiger partial charge is 0.493 e. The first-order chi connectivity index (χ1) is 20.0. The molecule has 0 aliphatic carbocycles. The van der Waals surface area contributed by atoms with Crippen molar-refractivity contribution >= 4 is 33.1 Å². The van der Waals surface area contributed by atoms with Gasteiger partial charge in [0.15, 0.2) is 5.69 Å². The number of carboxylic acids is 1. The van der Waals surface area contributed by atoms with Crippen LogP contribution < -0.4 is 9.86 Å². The summed E-state index contributed by atoms with van der Waals surface area (Å²) in [6, 6.07) is 13.3. The summed E-state index contributed by atoms with van der Waals surface area (Å²) < 4.78 is 29.8. The molecule has 3 aromatic rings. The van der Waals surface area contributed by atoms with Crippen molar-refractivity contribution in [3.05, 3.63) is 75.6 Å². The van der Waals surface area contributed by atoms with E-state index >= 15 is 0 Å². The first-order valence-corrected chi connectivity index (χ1v) is 15.2. The van der Waals surface area contributed by atoms with Gasteiger partial charge in [-0.25, -0.2) is 13.2 Å². The molecule has 0 radical (unpaired) electrons. The maximum absolute atomic E-state index is 13.8. The maximum atomic E-state index is 13.8. The van der Waals surface area contributed by atoms with Crippen LogP contribution in [0.25, 0.3) is 0 Å². The van der Waals surface area contributed by atoms with Crippen molar-refractivity contribution in [1.29, 1.82) is 5.26 Å². The molecule has 0 saturated carbocycles. The summed E-state index contributed by atoms with van der Waals surface area (Å²) in [6.07, 6.45) is 3.57. The number of pyridine rings is 1. The summed E-state index contributed by atoms with van der Waals surface area (Å²) in [5.74, 6) is -1.46. The molecule has 2 aromatic carbocycles. The number of rotatable bonds is 13. The van der Waals surface area contributed by atoms with Crippen molar-refractivity contribution in [2.75, 3.05) is 10.8 Å². The van der Waals surface area contributed by atoms with Gasteiger partial charge in [-0.3, -0.25) is 13.7 Å². The minimum atomic E-state index is -4.19. The van der Waals surface area contributed by atoms with Gasteiger partial charge in [-0.1, -0.05) is 45.2 Å². The number of aromatic carboxylic acids is 1. The molecule has 222 valence electrons. The number of nitriles is 1. The predicted molar refractivity (Wildman–Crippen MR) is 159 cm³/mol. The highest BCUT2D eigenvalue weighted by molar-refractivity contribution is 7.93. The van der Waals surface area contributed by atoms with Gasteiger partial charge < -0.3 is 10.2 Å². The number of carbonyl (C=O) groups is 1. The third kappa shape index (κ3) is 6.69. The van der Waals surface area contributed by atoms with Crippen LogP contribution in [0.4, 0.5) is 17.1 Å². The third-order valence-corrected chi connectivity index (χ3v) is 9.08. The maximum Gasteiger partial charge on any atom is 0.335 e. The lowest BCUT2D eigenvalue weighted by Gasteiger charge is -2.23. The molecule has 0 aliphatic rings. The topological polar surface area (TPSA) is 165 Å². The van der Waals surface area contributed by atoms with E-state index in [0.29, 0.717) is 0 Å². The van der Waals surface area contributed by atoms with E-state index in [-0.39, 0.29) is 57.7 Å². The van der Waals surface area contributed by atoms with E-state index in [2.05, 4.69) is 17.2 Å². The smallest absolute Gasteiger partial charge is 0.335 e. The molecular formula is C30H35N5O6S. The van der Waals surface area contributed by atoms with Crippen LogP contribution in [0, 0.1) is 24.2 Å². The fourth-order valence-corrected chi connectivity index (χ4v) is 6.24.